The van der Waals surface area contributed by atoms with Crippen molar-refractivity contribution >= 4 is 17.3 Å². The molecule has 0 atom stereocenters. The van der Waals surface area contributed by atoms with E-state index in [2.05, 4.69) is 5.32 Å². The number of halogens is 1. The number of hydrogen-bond acceptors (Lipinski definition) is 2. The maximum atomic E-state index is 5.57. The summed E-state index contributed by atoms with van der Waals surface area (Å²) in [5.74, 6) is 0.884. The van der Waals surface area contributed by atoms with Crippen molar-refractivity contribution in [3.8, 4) is 5.75 Å². The smallest absolute Gasteiger partial charge is 0.121 e. The molecule has 0 amide bonds. The van der Waals surface area contributed by atoms with Crippen LogP contribution in [0.5, 0.6) is 5.75 Å². The van der Waals surface area contributed by atoms with Gasteiger partial charge in [0.05, 0.1) is 6.61 Å². The third-order valence-electron chi connectivity index (χ3n) is 1.90. The van der Waals surface area contributed by atoms with Crippen LogP contribution in [0.4, 0.5) is 5.69 Å². The lowest BCUT2D eigenvalue weighted by Crippen LogP contribution is -2.02. The second kappa shape index (κ2) is 6.36. The molecule has 0 aliphatic heterocycles. The van der Waals surface area contributed by atoms with Crippen molar-refractivity contribution < 1.29 is 4.74 Å². The molecule has 0 heterocycles. The maximum Gasteiger partial charge on any atom is 0.121 e. The van der Waals surface area contributed by atoms with Crippen LogP contribution in [-0.4, -0.2) is 13.2 Å². The molecule has 0 aliphatic carbocycles. The van der Waals surface area contributed by atoms with Crippen molar-refractivity contribution in [2.45, 2.75) is 13.8 Å². The van der Waals surface area contributed by atoms with E-state index in [-0.39, 0.29) is 0 Å². The Labute approximate surface area is 95.9 Å². The highest BCUT2D eigenvalue weighted by molar-refractivity contribution is 6.25. The van der Waals surface area contributed by atoms with E-state index in [0.29, 0.717) is 6.61 Å². The average molecular weight is 226 g/mol. The SMILES string of the molecule is CCOc1cccc(NC/C(C)=C/Cl)c1. The summed E-state index contributed by atoms with van der Waals surface area (Å²) in [6, 6.07) is 7.89. The quantitative estimate of drug-likeness (QED) is 0.826. The van der Waals surface area contributed by atoms with Crippen LogP contribution in [0.15, 0.2) is 35.4 Å². The molecule has 0 saturated heterocycles. The van der Waals surface area contributed by atoms with Gasteiger partial charge in [-0.25, -0.2) is 0 Å². The van der Waals surface area contributed by atoms with Gasteiger partial charge in [0.1, 0.15) is 5.75 Å². The van der Waals surface area contributed by atoms with E-state index in [9.17, 15) is 0 Å². The van der Waals surface area contributed by atoms with Gasteiger partial charge in [-0.2, -0.15) is 0 Å². The standard InChI is InChI=1S/C12H16ClNO/c1-3-15-12-6-4-5-11(7-12)14-9-10(2)8-13/h4-8,14H,3,9H2,1-2H3/b10-8+. The molecule has 0 aliphatic rings. The van der Waals surface area contributed by atoms with E-state index < -0.39 is 0 Å². The summed E-state index contributed by atoms with van der Waals surface area (Å²) in [6.45, 7) is 5.38. The topological polar surface area (TPSA) is 21.3 Å². The van der Waals surface area contributed by atoms with Gasteiger partial charge < -0.3 is 10.1 Å². The van der Waals surface area contributed by atoms with Gasteiger partial charge in [-0.05, 0) is 31.6 Å². The Morgan fingerprint density at radius 3 is 3.00 bits per heavy atom. The van der Waals surface area contributed by atoms with Crippen LogP contribution in [0, 0.1) is 0 Å². The van der Waals surface area contributed by atoms with Crippen molar-refractivity contribution in [3.63, 3.8) is 0 Å². The van der Waals surface area contributed by atoms with E-state index in [1.165, 1.54) is 0 Å². The first-order valence-electron chi connectivity index (χ1n) is 4.99. The molecular weight excluding hydrogens is 210 g/mol. The minimum absolute atomic E-state index is 0.685. The first kappa shape index (κ1) is 11.9. The highest BCUT2D eigenvalue weighted by Crippen LogP contribution is 2.17. The summed E-state index contributed by atoms with van der Waals surface area (Å²) in [7, 11) is 0. The second-order valence-corrected chi connectivity index (χ2v) is 3.49. The zero-order valence-electron chi connectivity index (χ0n) is 9.09. The molecule has 0 fully saturated rings. The van der Waals surface area contributed by atoms with Crippen LogP contribution in [0.1, 0.15) is 13.8 Å². The molecule has 0 spiro atoms. The van der Waals surface area contributed by atoms with Crippen molar-refractivity contribution in [2.24, 2.45) is 0 Å². The van der Waals surface area contributed by atoms with E-state index >= 15 is 0 Å². The maximum absolute atomic E-state index is 5.57. The molecule has 0 saturated carbocycles. The molecule has 1 N–H and O–H groups in total. The van der Waals surface area contributed by atoms with Gasteiger partial charge in [0.15, 0.2) is 0 Å². The van der Waals surface area contributed by atoms with Crippen molar-refractivity contribution in [1.82, 2.24) is 0 Å². The molecule has 1 aromatic rings. The van der Waals surface area contributed by atoms with E-state index in [0.717, 1.165) is 23.6 Å². The lowest BCUT2D eigenvalue weighted by atomic mass is 10.3. The Morgan fingerprint density at radius 2 is 2.33 bits per heavy atom. The molecule has 82 valence electrons. The predicted molar refractivity (Wildman–Crippen MR) is 65.7 cm³/mol. The minimum Gasteiger partial charge on any atom is -0.494 e. The van der Waals surface area contributed by atoms with Crippen LogP contribution in [0.3, 0.4) is 0 Å². The summed E-state index contributed by atoms with van der Waals surface area (Å²) < 4.78 is 5.40. The van der Waals surface area contributed by atoms with Crippen molar-refractivity contribution in [3.05, 3.63) is 35.4 Å². The zero-order chi connectivity index (χ0) is 11.1. The number of rotatable bonds is 5. The number of ether oxygens (including phenoxy) is 1. The summed E-state index contributed by atoms with van der Waals surface area (Å²) in [6.07, 6.45) is 0. The van der Waals surface area contributed by atoms with Gasteiger partial charge in [0.2, 0.25) is 0 Å². The number of benzene rings is 1. The fraction of sp³-hybridized carbons (Fsp3) is 0.333. The molecule has 3 heteroatoms. The predicted octanol–water partition coefficient (Wildman–Crippen LogP) is 3.64. The fourth-order valence-electron chi connectivity index (χ4n) is 1.14. The summed E-state index contributed by atoms with van der Waals surface area (Å²) in [5.41, 5.74) is 3.72. The Morgan fingerprint density at radius 1 is 1.53 bits per heavy atom. The van der Waals surface area contributed by atoms with Crippen LogP contribution < -0.4 is 10.1 Å². The summed E-state index contributed by atoms with van der Waals surface area (Å²) in [4.78, 5) is 0. The highest BCUT2D eigenvalue weighted by Gasteiger charge is 1.95. The van der Waals surface area contributed by atoms with Gasteiger partial charge in [-0.15, -0.1) is 0 Å². The molecule has 2 nitrogen and oxygen atoms in total. The molecule has 0 unspecified atom stereocenters. The number of hydrogen-bond donors (Lipinski definition) is 1. The highest BCUT2D eigenvalue weighted by atomic mass is 35.5. The molecule has 0 aromatic heterocycles. The van der Waals surface area contributed by atoms with Gasteiger partial charge in [0, 0.05) is 23.8 Å². The third-order valence-corrected chi connectivity index (χ3v) is 2.28. The number of nitrogens with one attached hydrogen (secondary N) is 1. The minimum atomic E-state index is 0.685. The normalized spacial score (nSPS) is 11.3. The summed E-state index contributed by atoms with van der Waals surface area (Å²) >= 11 is 5.57. The Hall–Kier alpha value is -1.15. The van der Waals surface area contributed by atoms with Gasteiger partial charge in [-0.3, -0.25) is 0 Å². The van der Waals surface area contributed by atoms with Gasteiger partial charge in [-0.1, -0.05) is 17.7 Å². The van der Waals surface area contributed by atoms with Crippen molar-refractivity contribution in [2.75, 3.05) is 18.5 Å². The fourth-order valence-corrected chi connectivity index (χ4v) is 1.22. The summed E-state index contributed by atoms with van der Waals surface area (Å²) in [5, 5.41) is 3.26. The Bertz CT molecular complexity index is 336. The van der Waals surface area contributed by atoms with Crippen LogP contribution in [0.2, 0.25) is 0 Å². The monoisotopic (exact) mass is 225 g/mol. The Balaban J connectivity index is 2.57. The number of anilines is 1. The third kappa shape index (κ3) is 4.26. The lowest BCUT2D eigenvalue weighted by molar-refractivity contribution is 0.340. The molecule has 15 heavy (non-hydrogen) atoms. The average Bonchev–Trinajstić information content (AvgIpc) is 2.27. The van der Waals surface area contributed by atoms with E-state index in [1.807, 2.05) is 38.1 Å². The van der Waals surface area contributed by atoms with E-state index in [1.54, 1.807) is 5.54 Å². The molecule has 0 bridgehead atoms. The van der Waals surface area contributed by atoms with Gasteiger partial charge in [0.25, 0.3) is 0 Å². The lowest BCUT2D eigenvalue weighted by Gasteiger charge is -2.08. The zero-order valence-corrected chi connectivity index (χ0v) is 9.84. The molecule has 0 radical (unpaired) electrons. The second-order valence-electron chi connectivity index (χ2n) is 3.27. The molecular formula is C12H16ClNO. The van der Waals surface area contributed by atoms with E-state index in [4.69, 9.17) is 16.3 Å². The molecule has 1 aromatic carbocycles. The largest absolute Gasteiger partial charge is 0.494 e. The van der Waals surface area contributed by atoms with Crippen LogP contribution in [-0.2, 0) is 0 Å². The Kier molecular flexibility index (Phi) is 5.05. The molecule has 1 rings (SSSR count). The first-order valence-corrected chi connectivity index (χ1v) is 5.42. The van der Waals surface area contributed by atoms with Crippen LogP contribution >= 0.6 is 11.6 Å². The first-order chi connectivity index (χ1) is 7.26. The van der Waals surface area contributed by atoms with Gasteiger partial charge >= 0.3 is 0 Å². The van der Waals surface area contributed by atoms with Crippen molar-refractivity contribution in [1.29, 1.82) is 0 Å². The van der Waals surface area contributed by atoms with Crippen LogP contribution in [0.25, 0.3) is 0 Å².